The highest BCUT2D eigenvalue weighted by molar-refractivity contribution is 5.45. The van der Waals surface area contributed by atoms with E-state index in [0.29, 0.717) is 19.3 Å². The molecule has 0 aromatic heterocycles. The van der Waals surface area contributed by atoms with Crippen LogP contribution in [0.15, 0.2) is 24.3 Å². The molecule has 0 radical (unpaired) electrons. The number of aryl methyl sites for hydroxylation is 1. The second-order valence-electron chi connectivity index (χ2n) is 5.50. The fourth-order valence-electron chi connectivity index (χ4n) is 2.53. The standard InChI is InChI=1S/C16H25NO2/c1-13-6-5-7-14(10-13)17-11-15(18)12-19-16-8-3-2-4-9-16/h5-7,10,15-18H,2-4,8-9,11-12H2,1H3. The van der Waals surface area contributed by atoms with Gasteiger partial charge in [0.2, 0.25) is 0 Å². The van der Waals surface area contributed by atoms with Crippen LogP contribution < -0.4 is 5.32 Å². The van der Waals surface area contributed by atoms with Crippen LogP contribution in [0.1, 0.15) is 37.7 Å². The third kappa shape index (κ3) is 5.21. The van der Waals surface area contributed by atoms with Crippen molar-refractivity contribution < 1.29 is 9.84 Å². The summed E-state index contributed by atoms with van der Waals surface area (Å²) in [5.74, 6) is 0. The first-order chi connectivity index (χ1) is 9.24. The third-order valence-electron chi connectivity index (χ3n) is 3.64. The van der Waals surface area contributed by atoms with Crippen LogP contribution in [0, 0.1) is 6.92 Å². The number of rotatable bonds is 6. The minimum Gasteiger partial charge on any atom is -0.389 e. The summed E-state index contributed by atoms with van der Waals surface area (Å²) >= 11 is 0. The van der Waals surface area contributed by atoms with Crippen molar-refractivity contribution in [1.29, 1.82) is 0 Å². The lowest BCUT2D eigenvalue weighted by atomic mass is 9.98. The van der Waals surface area contributed by atoms with E-state index in [2.05, 4.69) is 24.4 Å². The van der Waals surface area contributed by atoms with Gasteiger partial charge in [-0.1, -0.05) is 31.4 Å². The van der Waals surface area contributed by atoms with Crippen LogP contribution >= 0.6 is 0 Å². The third-order valence-corrected chi connectivity index (χ3v) is 3.64. The fourth-order valence-corrected chi connectivity index (χ4v) is 2.53. The largest absolute Gasteiger partial charge is 0.389 e. The maximum atomic E-state index is 9.92. The van der Waals surface area contributed by atoms with Gasteiger partial charge in [-0.2, -0.15) is 0 Å². The van der Waals surface area contributed by atoms with Crippen LogP contribution in [-0.2, 0) is 4.74 Å². The zero-order valence-corrected chi connectivity index (χ0v) is 11.8. The Labute approximate surface area is 116 Å². The molecule has 1 aliphatic rings. The monoisotopic (exact) mass is 263 g/mol. The van der Waals surface area contributed by atoms with Gasteiger partial charge in [0.1, 0.15) is 0 Å². The Morgan fingerprint density at radius 3 is 2.84 bits per heavy atom. The summed E-state index contributed by atoms with van der Waals surface area (Å²) < 4.78 is 5.77. The number of hydrogen-bond donors (Lipinski definition) is 2. The molecule has 0 amide bonds. The molecule has 2 rings (SSSR count). The van der Waals surface area contributed by atoms with Gasteiger partial charge in [0, 0.05) is 12.2 Å². The molecular weight excluding hydrogens is 238 g/mol. The highest BCUT2D eigenvalue weighted by Gasteiger charge is 2.15. The molecule has 1 aromatic carbocycles. The first-order valence-electron chi connectivity index (χ1n) is 7.34. The Balaban J connectivity index is 1.65. The van der Waals surface area contributed by atoms with Gasteiger partial charge >= 0.3 is 0 Å². The van der Waals surface area contributed by atoms with E-state index in [9.17, 15) is 5.11 Å². The van der Waals surface area contributed by atoms with E-state index >= 15 is 0 Å². The van der Waals surface area contributed by atoms with Gasteiger partial charge in [0.05, 0.1) is 18.8 Å². The summed E-state index contributed by atoms with van der Waals surface area (Å²) in [6.07, 6.45) is 6.09. The smallest absolute Gasteiger partial charge is 0.0945 e. The van der Waals surface area contributed by atoms with E-state index < -0.39 is 6.10 Å². The Bertz CT molecular complexity index is 375. The lowest BCUT2D eigenvalue weighted by molar-refractivity contribution is -0.0195. The highest BCUT2D eigenvalue weighted by atomic mass is 16.5. The first-order valence-corrected chi connectivity index (χ1v) is 7.34. The average molecular weight is 263 g/mol. The van der Waals surface area contributed by atoms with E-state index in [1.165, 1.54) is 24.8 Å². The summed E-state index contributed by atoms with van der Waals surface area (Å²) in [4.78, 5) is 0. The number of ether oxygens (including phenoxy) is 1. The van der Waals surface area contributed by atoms with Gasteiger partial charge in [-0.3, -0.25) is 0 Å². The molecule has 1 atom stereocenters. The molecule has 3 heteroatoms. The maximum absolute atomic E-state index is 9.92. The molecule has 0 saturated heterocycles. The predicted molar refractivity (Wildman–Crippen MR) is 78.5 cm³/mol. The Hall–Kier alpha value is -1.06. The Morgan fingerprint density at radius 1 is 1.32 bits per heavy atom. The van der Waals surface area contributed by atoms with Gasteiger partial charge in [0.25, 0.3) is 0 Å². The van der Waals surface area contributed by atoms with E-state index in [-0.39, 0.29) is 0 Å². The van der Waals surface area contributed by atoms with Crippen LogP contribution in [-0.4, -0.2) is 30.5 Å². The molecule has 0 bridgehead atoms. The number of anilines is 1. The lowest BCUT2D eigenvalue weighted by Crippen LogP contribution is -2.28. The zero-order valence-electron chi connectivity index (χ0n) is 11.8. The van der Waals surface area contributed by atoms with Gasteiger partial charge in [-0.15, -0.1) is 0 Å². The quantitative estimate of drug-likeness (QED) is 0.828. The van der Waals surface area contributed by atoms with Crippen LogP contribution in [0.4, 0.5) is 5.69 Å². The normalized spacial score (nSPS) is 18.2. The molecule has 0 spiro atoms. The van der Waals surface area contributed by atoms with Gasteiger partial charge in [0.15, 0.2) is 0 Å². The number of aliphatic hydroxyl groups excluding tert-OH is 1. The maximum Gasteiger partial charge on any atom is 0.0945 e. The molecule has 0 heterocycles. The van der Waals surface area contributed by atoms with E-state index in [1.54, 1.807) is 0 Å². The summed E-state index contributed by atoms with van der Waals surface area (Å²) in [5, 5.41) is 13.2. The summed E-state index contributed by atoms with van der Waals surface area (Å²) in [6, 6.07) is 8.17. The molecule has 1 aliphatic carbocycles. The molecule has 1 aromatic rings. The summed E-state index contributed by atoms with van der Waals surface area (Å²) in [7, 11) is 0. The van der Waals surface area contributed by atoms with E-state index in [1.807, 2.05) is 12.1 Å². The number of benzene rings is 1. The molecule has 3 nitrogen and oxygen atoms in total. The minimum atomic E-state index is -0.442. The first kappa shape index (κ1) is 14.4. The van der Waals surface area contributed by atoms with Crippen molar-refractivity contribution >= 4 is 5.69 Å². The highest BCUT2D eigenvalue weighted by Crippen LogP contribution is 2.20. The summed E-state index contributed by atoms with van der Waals surface area (Å²) in [6.45, 7) is 3.04. The van der Waals surface area contributed by atoms with Crippen molar-refractivity contribution in [3.63, 3.8) is 0 Å². The molecule has 0 aliphatic heterocycles. The molecule has 1 unspecified atom stereocenters. The van der Waals surface area contributed by atoms with Crippen molar-refractivity contribution in [2.45, 2.75) is 51.2 Å². The van der Waals surface area contributed by atoms with Gasteiger partial charge < -0.3 is 15.2 Å². The molecule has 19 heavy (non-hydrogen) atoms. The van der Waals surface area contributed by atoms with Gasteiger partial charge in [-0.05, 0) is 37.5 Å². The van der Waals surface area contributed by atoms with Crippen molar-refractivity contribution in [3.05, 3.63) is 29.8 Å². The van der Waals surface area contributed by atoms with E-state index in [0.717, 1.165) is 18.5 Å². The fraction of sp³-hybridized carbons (Fsp3) is 0.625. The molecular formula is C16H25NO2. The van der Waals surface area contributed by atoms with E-state index in [4.69, 9.17) is 4.74 Å². The zero-order chi connectivity index (χ0) is 13.5. The van der Waals surface area contributed by atoms with Crippen LogP contribution in [0.25, 0.3) is 0 Å². The molecule has 106 valence electrons. The van der Waals surface area contributed by atoms with Crippen LogP contribution in [0.5, 0.6) is 0 Å². The molecule has 2 N–H and O–H groups in total. The second kappa shape index (κ2) is 7.51. The topological polar surface area (TPSA) is 41.5 Å². The Morgan fingerprint density at radius 2 is 2.11 bits per heavy atom. The molecule has 1 fully saturated rings. The summed E-state index contributed by atoms with van der Waals surface area (Å²) in [5.41, 5.74) is 2.27. The molecule has 1 saturated carbocycles. The predicted octanol–water partition coefficient (Wildman–Crippen LogP) is 3.12. The Kier molecular flexibility index (Phi) is 5.67. The number of nitrogens with one attached hydrogen (secondary N) is 1. The average Bonchev–Trinajstić information content (AvgIpc) is 2.44. The van der Waals surface area contributed by atoms with Crippen LogP contribution in [0.2, 0.25) is 0 Å². The number of aliphatic hydroxyl groups is 1. The minimum absolute atomic E-state index is 0.363. The van der Waals surface area contributed by atoms with Crippen molar-refractivity contribution in [2.24, 2.45) is 0 Å². The lowest BCUT2D eigenvalue weighted by Gasteiger charge is -2.23. The van der Waals surface area contributed by atoms with Gasteiger partial charge in [-0.25, -0.2) is 0 Å². The van der Waals surface area contributed by atoms with Crippen molar-refractivity contribution in [1.82, 2.24) is 0 Å². The van der Waals surface area contributed by atoms with Crippen molar-refractivity contribution in [2.75, 3.05) is 18.5 Å². The number of hydrogen-bond acceptors (Lipinski definition) is 3. The SMILES string of the molecule is Cc1cccc(NCC(O)COC2CCCCC2)c1. The second-order valence-corrected chi connectivity index (χ2v) is 5.50. The van der Waals surface area contributed by atoms with Crippen molar-refractivity contribution in [3.8, 4) is 0 Å². The van der Waals surface area contributed by atoms with Crippen LogP contribution in [0.3, 0.4) is 0 Å².